The number of halogens is 2. The highest BCUT2D eigenvalue weighted by Gasteiger charge is 2.23. The standard InChI is InChI=1S/C12H15Cl2N/c1-15(8-9-2-3-9)12-6-11(14)5-4-10(12)7-13/h4-6,9H,2-3,7-8H2,1H3. The summed E-state index contributed by atoms with van der Waals surface area (Å²) >= 11 is 11.9. The fraction of sp³-hybridized carbons (Fsp3) is 0.500. The Kier molecular flexibility index (Phi) is 3.42. The van der Waals surface area contributed by atoms with E-state index >= 15 is 0 Å². The Balaban J connectivity index is 2.18. The molecule has 0 amide bonds. The second-order valence-corrected chi connectivity index (χ2v) is 4.93. The van der Waals surface area contributed by atoms with Gasteiger partial charge in [0.05, 0.1) is 0 Å². The molecule has 1 nitrogen and oxygen atoms in total. The fourth-order valence-electron chi connectivity index (χ4n) is 1.79. The van der Waals surface area contributed by atoms with Crippen molar-refractivity contribution >= 4 is 28.9 Å². The largest absolute Gasteiger partial charge is 0.374 e. The lowest BCUT2D eigenvalue weighted by Gasteiger charge is -2.22. The molecule has 82 valence electrons. The molecule has 0 aliphatic heterocycles. The molecule has 0 bridgehead atoms. The molecule has 0 atom stereocenters. The van der Waals surface area contributed by atoms with Crippen LogP contribution in [0.2, 0.25) is 5.02 Å². The number of benzene rings is 1. The summed E-state index contributed by atoms with van der Waals surface area (Å²) in [6.07, 6.45) is 2.72. The average Bonchev–Trinajstić information content (AvgIpc) is 3.01. The van der Waals surface area contributed by atoms with Gasteiger partial charge in [0.15, 0.2) is 0 Å². The number of anilines is 1. The van der Waals surface area contributed by atoms with Gasteiger partial charge in [-0.05, 0) is 36.5 Å². The third-order valence-corrected chi connectivity index (χ3v) is 3.35. The zero-order chi connectivity index (χ0) is 10.8. The van der Waals surface area contributed by atoms with Gasteiger partial charge < -0.3 is 4.90 Å². The second-order valence-electron chi connectivity index (χ2n) is 4.23. The minimum atomic E-state index is 0.543. The molecule has 0 heterocycles. The van der Waals surface area contributed by atoms with Crippen LogP contribution in [0.3, 0.4) is 0 Å². The Hall–Kier alpha value is -0.400. The molecule has 1 aliphatic rings. The molecule has 0 unspecified atom stereocenters. The van der Waals surface area contributed by atoms with Crippen LogP contribution < -0.4 is 4.90 Å². The SMILES string of the molecule is CN(CC1CC1)c1cc(Cl)ccc1CCl. The summed E-state index contributed by atoms with van der Waals surface area (Å²) in [6.45, 7) is 1.12. The van der Waals surface area contributed by atoms with E-state index in [1.165, 1.54) is 18.5 Å². The van der Waals surface area contributed by atoms with E-state index in [1.54, 1.807) is 0 Å². The van der Waals surface area contributed by atoms with E-state index in [-0.39, 0.29) is 0 Å². The Morgan fingerprint density at radius 3 is 2.73 bits per heavy atom. The highest BCUT2D eigenvalue weighted by molar-refractivity contribution is 6.31. The quantitative estimate of drug-likeness (QED) is 0.725. The third-order valence-electron chi connectivity index (χ3n) is 2.83. The molecule has 1 fully saturated rings. The van der Waals surface area contributed by atoms with Gasteiger partial charge in [-0.1, -0.05) is 17.7 Å². The van der Waals surface area contributed by atoms with Gasteiger partial charge in [-0.25, -0.2) is 0 Å². The lowest BCUT2D eigenvalue weighted by molar-refractivity contribution is 0.785. The van der Waals surface area contributed by atoms with Gasteiger partial charge >= 0.3 is 0 Å². The van der Waals surface area contributed by atoms with Crippen molar-refractivity contribution < 1.29 is 0 Å². The lowest BCUT2D eigenvalue weighted by Crippen LogP contribution is -2.21. The van der Waals surface area contributed by atoms with E-state index in [2.05, 4.69) is 11.9 Å². The van der Waals surface area contributed by atoms with Gasteiger partial charge in [-0.2, -0.15) is 0 Å². The van der Waals surface area contributed by atoms with Crippen molar-refractivity contribution in [3.05, 3.63) is 28.8 Å². The molecule has 0 spiro atoms. The summed E-state index contributed by atoms with van der Waals surface area (Å²) in [5, 5.41) is 0.779. The van der Waals surface area contributed by atoms with Crippen LogP contribution in [-0.4, -0.2) is 13.6 Å². The molecular weight excluding hydrogens is 229 g/mol. The van der Waals surface area contributed by atoms with Crippen molar-refractivity contribution in [3.8, 4) is 0 Å². The van der Waals surface area contributed by atoms with E-state index < -0.39 is 0 Å². The summed E-state index contributed by atoms with van der Waals surface area (Å²) in [5.41, 5.74) is 2.33. The first-order valence-electron chi connectivity index (χ1n) is 5.26. The zero-order valence-electron chi connectivity index (χ0n) is 8.84. The molecule has 0 saturated heterocycles. The predicted octanol–water partition coefficient (Wildman–Crippen LogP) is 3.93. The first-order chi connectivity index (χ1) is 7.20. The van der Waals surface area contributed by atoms with Crippen molar-refractivity contribution in [1.82, 2.24) is 0 Å². The maximum absolute atomic E-state index is 6.00. The smallest absolute Gasteiger partial charge is 0.0494 e. The third kappa shape index (κ3) is 2.79. The maximum Gasteiger partial charge on any atom is 0.0494 e. The minimum absolute atomic E-state index is 0.543. The topological polar surface area (TPSA) is 3.24 Å². The molecule has 1 saturated carbocycles. The molecule has 0 N–H and O–H groups in total. The Morgan fingerprint density at radius 1 is 1.40 bits per heavy atom. The van der Waals surface area contributed by atoms with Crippen LogP contribution in [0.25, 0.3) is 0 Å². The van der Waals surface area contributed by atoms with E-state index in [1.807, 2.05) is 18.2 Å². The van der Waals surface area contributed by atoms with Crippen LogP contribution in [0.15, 0.2) is 18.2 Å². The molecule has 2 rings (SSSR count). The van der Waals surface area contributed by atoms with Gasteiger partial charge in [0.25, 0.3) is 0 Å². The summed E-state index contributed by atoms with van der Waals surface area (Å²) in [5.74, 6) is 1.42. The number of nitrogens with zero attached hydrogens (tertiary/aromatic N) is 1. The Morgan fingerprint density at radius 2 is 2.13 bits per heavy atom. The Labute approximate surface area is 101 Å². The van der Waals surface area contributed by atoms with Gasteiger partial charge in [0, 0.05) is 30.2 Å². The summed E-state index contributed by atoms with van der Waals surface area (Å²) in [6, 6.07) is 5.91. The normalized spacial score (nSPS) is 15.4. The molecule has 0 radical (unpaired) electrons. The van der Waals surface area contributed by atoms with Gasteiger partial charge in [-0.3, -0.25) is 0 Å². The Bertz CT molecular complexity index is 347. The summed E-state index contributed by atoms with van der Waals surface area (Å²) < 4.78 is 0. The number of hydrogen-bond acceptors (Lipinski definition) is 1. The number of rotatable bonds is 4. The van der Waals surface area contributed by atoms with Crippen molar-refractivity contribution in [1.29, 1.82) is 0 Å². The summed E-state index contributed by atoms with van der Waals surface area (Å²) in [7, 11) is 2.11. The van der Waals surface area contributed by atoms with Gasteiger partial charge in [-0.15, -0.1) is 11.6 Å². The molecular formula is C12H15Cl2N. The van der Waals surface area contributed by atoms with Crippen molar-refractivity contribution in [2.24, 2.45) is 5.92 Å². The molecule has 1 aromatic rings. The molecule has 15 heavy (non-hydrogen) atoms. The molecule has 1 aliphatic carbocycles. The van der Waals surface area contributed by atoms with Crippen LogP contribution in [0.5, 0.6) is 0 Å². The number of alkyl halides is 1. The van der Waals surface area contributed by atoms with E-state index in [0.717, 1.165) is 23.0 Å². The first kappa shape index (κ1) is 11.1. The highest BCUT2D eigenvalue weighted by Crippen LogP contribution is 2.33. The van der Waals surface area contributed by atoms with E-state index in [9.17, 15) is 0 Å². The van der Waals surface area contributed by atoms with Crippen molar-refractivity contribution in [3.63, 3.8) is 0 Å². The molecule has 1 aromatic carbocycles. The molecule has 0 aromatic heterocycles. The van der Waals surface area contributed by atoms with Crippen molar-refractivity contribution in [2.75, 3.05) is 18.5 Å². The zero-order valence-corrected chi connectivity index (χ0v) is 10.4. The average molecular weight is 244 g/mol. The van der Waals surface area contributed by atoms with Gasteiger partial charge in [0.1, 0.15) is 0 Å². The van der Waals surface area contributed by atoms with Crippen LogP contribution in [0.1, 0.15) is 18.4 Å². The minimum Gasteiger partial charge on any atom is -0.374 e. The highest BCUT2D eigenvalue weighted by atomic mass is 35.5. The van der Waals surface area contributed by atoms with E-state index in [4.69, 9.17) is 23.2 Å². The second kappa shape index (κ2) is 4.63. The first-order valence-corrected chi connectivity index (χ1v) is 6.17. The van der Waals surface area contributed by atoms with Crippen LogP contribution in [0.4, 0.5) is 5.69 Å². The fourth-order valence-corrected chi connectivity index (χ4v) is 2.18. The summed E-state index contributed by atoms with van der Waals surface area (Å²) in [4.78, 5) is 2.27. The van der Waals surface area contributed by atoms with Crippen LogP contribution >= 0.6 is 23.2 Å². The lowest BCUT2D eigenvalue weighted by atomic mass is 10.2. The number of hydrogen-bond donors (Lipinski definition) is 0. The monoisotopic (exact) mass is 243 g/mol. The van der Waals surface area contributed by atoms with Crippen LogP contribution in [0, 0.1) is 5.92 Å². The molecule has 3 heteroatoms. The van der Waals surface area contributed by atoms with Gasteiger partial charge in [0.2, 0.25) is 0 Å². The van der Waals surface area contributed by atoms with E-state index in [0.29, 0.717) is 5.88 Å². The van der Waals surface area contributed by atoms with Crippen LogP contribution in [-0.2, 0) is 5.88 Å². The predicted molar refractivity (Wildman–Crippen MR) is 67.0 cm³/mol. The van der Waals surface area contributed by atoms with Crippen molar-refractivity contribution in [2.45, 2.75) is 18.7 Å². The maximum atomic E-state index is 6.00.